The number of amides is 1. The number of halogens is 2. The molecule has 0 aromatic heterocycles. The summed E-state index contributed by atoms with van der Waals surface area (Å²) in [7, 11) is 5.08. The highest BCUT2D eigenvalue weighted by Crippen LogP contribution is 2.17. The second-order valence-corrected chi connectivity index (χ2v) is 7.01. The Hall–Kier alpha value is -2.00. The molecule has 2 rings (SSSR count). The summed E-state index contributed by atoms with van der Waals surface area (Å²) >= 11 is 6.09. The van der Waals surface area contributed by atoms with Gasteiger partial charge < -0.3 is 20.3 Å². The minimum absolute atomic E-state index is 0. The Morgan fingerprint density at radius 3 is 2.48 bits per heavy atom. The second-order valence-electron chi connectivity index (χ2n) is 6.58. The van der Waals surface area contributed by atoms with Crippen LogP contribution in [0.2, 0.25) is 5.02 Å². The van der Waals surface area contributed by atoms with Gasteiger partial charge in [-0.1, -0.05) is 35.9 Å². The molecule has 0 saturated carbocycles. The molecule has 6 nitrogen and oxygen atoms in total. The van der Waals surface area contributed by atoms with Crippen LogP contribution in [0.4, 0.5) is 0 Å². The predicted molar refractivity (Wildman–Crippen MR) is 129 cm³/mol. The highest BCUT2D eigenvalue weighted by molar-refractivity contribution is 14.0. The van der Waals surface area contributed by atoms with Gasteiger partial charge in [-0.25, -0.2) is 4.99 Å². The molecular weight excluding hydrogens is 503 g/mol. The molecule has 2 aromatic carbocycles. The molecule has 0 saturated heterocycles. The third kappa shape index (κ3) is 8.49. The molecule has 0 aliphatic heterocycles. The average molecular weight is 531 g/mol. The Labute approximate surface area is 194 Å². The monoisotopic (exact) mass is 530 g/mol. The number of methoxy groups -OCH3 is 1. The van der Waals surface area contributed by atoms with Crippen molar-refractivity contribution >= 4 is 47.4 Å². The molecule has 0 spiro atoms. The first-order chi connectivity index (χ1) is 13.4. The lowest BCUT2D eigenvalue weighted by molar-refractivity contribution is -0.127. The number of guanidine groups is 1. The SMILES string of the molecule is COc1ccc(CN=C(NCC(=O)N(C)C)NC(C)c2cccc(Cl)c2)cc1.I. The number of carbonyl (C=O) groups is 1. The summed E-state index contributed by atoms with van der Waals surface area (Å²) in [6.45, 7) is 2.64. The van der Waals surface area contributed by atoms with E-state index in [1.54, 1.807) is 21.2 Å². The number of nitrogens with one attached hydrogen (secondary N) is 2. The van der Waals surface area contributed by atoms with E-state index in [0.717, 1.165) is 16.9 Å². The van der Waals surface area contributed by atoms with Crippen LogP contribution in [0.5, 0.6) is 5.75 Å². The van der Waals surface area contributed by atoms with Gasteiger partial charge in [0.15, 0.2) is 5.96 Å². The van der Waals surface area contributed by atoms with Crippen LogP contribution in [-0.4, -0.2) is 44.5 Å². The molecule has 0 fully saturated rings. The number of hydrogen-bond donors (Lipinski definition) is 2. The molecule has 2 aromatic rings. The van der Waals surface area contributed by atoms with E-state index in [4.69, 9.17) is 16.3 Å². The van der Waals surface area contributed by atoms with Crippen molar-refractivity contribution in [1.29, 1.82) is 0 Å². The number of nitrogens with zero attached hydrogens (tertiary/aromatic N) is 2. The lowest BCUT2D eigenvalue weighted by Gasteiger charge is -2.20. The van der Waals surface area contributed by atoms with Crippen molar-refractivity contribution in [2.45, 2.75) is 19.5 Å². The summed E-state index contributed by atoms with van der Waals surface area (Å²) in [6, 6.07) is 15.3. The summed E-state index contributed by atoms with van der Waals surface area (Å²) in [5, 5.41) is 7.11. The minimum atomic E-state index is -0.0330. The molecular formula is C21H28ClIN4O2. The van der Waals surface area contributed by atoms with E-state index in [-0.39, 0.29) is 42.5 Å². The number of carbonyl (C=O) groups excluding carboxylic acids is 1. The van der Waals surface area contributed by atoms with E-state index in [9.17, 15) is 4.79 Å². The van der Waals surface area contributed by atoms with Crippen molar-refractivity contribution in [2.75, 3.05) is 27.7 Å². The van der Waals surface area contributed by atoms with Crippen LogP contribution in [-0.2, 0) is 11.3 Å². The lowest BCUT2D eigenvalue weighted by atomic mass is 10.1. The number of hydrogen-bond acceptors (Lipinski definition) is 3. The van der Waals surface area contributed by atoms with Gasteiger partial charge in [0.05, 0.1) is 26.2 Å². The van der Waals surface area contributed by atoms with E-state index >= 15 is 0 Å². The molecule has 0 aliphatic carbocycles. The van der Waals surface area contributed by atoms with Gasteiger partial charge >= 0.3 is 0 Å². The van der Waals surface area contributed by atoms with Gasteiger partial charge in [0.1, 0.15) is 5.75 Å². The van der Waals surface area contributed by atoms with Gasteiger partial charge in [-0.05, 0) is 42.3 Å². The highest BCUT2D eigenvalue weighted by atomic mass is 127. The highest BCUT2D eigenvalue weighted by Gasteiger charge is 2.11. The molecule has 1 unspecified atom stereocenters. The Bertz CT molecular complexity index is 813. The van der Waals surface area contributed by atoms with Gasteiger partial charge in [0, 0.05) is 19.1 Å². The normalized spacial score (nSPS) is 11.8. The van der Waals surface area contributed by atoms with Crippen molar-refractivity contribution in [2.24, 2.45) is 4.99 Å². The van der Waals surface area contributed by atoms with E-state index < -0.39 is 0 Å². The molecule has 29 heavy (non-hydrogen) atoms. The van der Waals surface area contributed by atoms with Crippen LogP contribution in [0.15, 0.2) is 53.5 Å². The maximum Gasteiger partial charge on any atom is 0.241 e. The van der Waals surface area contributed by atoms with Crippen molar-refractivity contribution in [1.82, 2.24) is 15.5 Å². The largest absolute Gasteiger partial charge is 0.497 e. The molecule has 158 valence electrons. The molecule has 0 bridgehead atoms. The van der Waals surface area contributed by atoms with Gasteiger partial charge in [0.2, 0.25) is 5.91 Å². The molecule has 8 heteroatoms. The predicted octanol–water partition coefficient (Wildman–Crippen LogP) is 3.85. The Morgan fingerprint density at radius 2 is 1.90 bits per heavy atom. The molecule has 0 heterocycles. The number of ether oxygens (including phenoxy) is 1. The van der Waals surface area contributed by atoms with Crippen molar-refractivity contribution in [3.8, 4) is 5.75 Å². The minimum Gasteiger partial charge on any atom is -0.497 e. The molecule has 1 atom stereocenters. The second kappa shape index (κ2) is 12.5. The molecule has 2 N–H and O–H groups in total. The van der Waals surface area contributed by atoms with Crippen LogP contribution in [0.1, 0.15) is 24.1 Å². The van der Waals surface area contributed by atoms with E-state index in [2.05, 4.69) is 15.6 Å². The number of rotatable bonds is 7. The van der Waals surface area contributed by atoms with Gasteiger partial charge in [-0.15, -0.1) is 24.0 Å². The van der Waals surface area contributed by atoms with Gasteiger partial charge in [0.25, 0.3) is 0 Å². The maximum absolute atomic E-state index is 11.9. The Kier molecular flexibility index (Phi) is 10.8. The third-order valence-electron chi connectivity index (χ3n) is 4.19. The lowest BCUT2D eigenvalue weighted by Crippen LogP contribution is -2.43. The fraction of sp³-hybridized carbons (Fsp3) is 0.333. The average Bonchev–Trinajstić information content (AvgIpc) is 2.69. The van der Waals surface area contributed by atoms with Crippen LogP contribution >= 0.6 is 35.6 Å². The Balaban J connectivity index is 0.00000420. The zero-order valence-corrected chi connectivity index (χ0v) is 20.2. The summed E-state index contributed by atoms with van der Waals surface area (Å²) in [6.07, 6.45) is 0. The third-order valence-corrected chi connectivity index (χ3v) is 4.42. The number of benzene rings is 2. The zero-order valence-electron chi connectivity index (χ0n) is 17.1. The van der Waals surface area contributed by atoms with E-state index in [1.165, 1.54) is 4.90 Å². The smallest absolute Gasteiger partial charge is 0.241 e. The Morgan fingerprint density at radius 1 is 1.21 bits per heavy atom. The zero-order chi connectivity index (χ0) is 20.5. The fourth-order valence-corrected chi connectivity index (χ4v) is 2.63. The molecule has 0 aliphatic rings. The fourth-order valence-electron chi connectivity index (χ4n) is 2.44. The van der Waals surface area contributed by atoms with E-state index in [0.29, 0.717) is 17.5 Å². The maximum atomic E-state index is 11.9. The summed E-state index contributed by atoms with van der Waals surface area (Å²) in [5.74, 6) is 1.32. The standard InChI is InChI=1S/C21H27ClN4O2.HI/c1-15(17-6-5-7-18(22)12-17)25-21(24-14-20(27)26(2)3)23-13-16-8-10-19(28-4)11-9-16;/h5-12,15H,13-14H2,1-4H3,(H2,23,24,25);1H. The summed E-state index contributed by atoms with van der Waals surface area (Å²) < 4.78 is 5.18. The van der Waals surface area contributed by atoms with Crippen LogP contribution in [0.3, 0.4) is 0 Å². The summed E-state index contributed by atoms with van der Waals surface area (Å²) in [5.41, 5.74) is 2.07. The first kappa shape index (κ1) is 25.0. The van der Waals surface area contributed by atoms with Crippen molar-refractivity contribution < 1.29 is 9.53 Å². The number of aliphatic imine (C=N–C) groups is 1. The molecule has 0 radical (unpaired) electrons. The van der Waals surface area contributed by atoms with Gasteiger partial charge in [-0.2, -0.15) is 0 Å². The number of likely N-dealkylation sites (N-methyl/N-ethyl adjacent to an activating group) is 1. The van der Waals surface area contributed by atoms with Gasteiger partial charge in [-0.3, -0.25) is 4.79 Å². The summed E-state index contributed by atoms with van der Waals surface area (Å²) in [4.78, 5) is 18.1. The first-order valence-electron chi connectivity index (χ1n) is 9.02. The van der Waals surface area contributed by atoms with Crippen LogP contribution in [0.25, 0.3) is 0 Å². The van der Waals surface area contributed by atoms with Crippen LogP contribution < -0.4 is 15.4 Å². The van der Waals surface area contributed by atoms with Crippen molar-refractivity contribution in [3.05, 3.63) is 64.7 Å². The van der Waals surface area contributed by atoms with Crippen LogP contribution in [0, 0.1) is 0 Å². The quantitative estimate of drug-likeness (QED) is 0.324. The van der Waals surface area contributed by atoms with Crippen molar-refractivity contribution in [3.63, 3.8) is 0 Å². The topological polar surface area (TPSA) is 66.0 Å². The van der Waals surface area contributed by atoms with E-state index in [1.807, 2.05) is 55.5 Å². The first-order valence-corrected chi connectivity index (χ1v) is 9.40. The molecule has 1 amide bonds.